The number of hydrogen-bond donors (Lipinski definition) is 2. The molecule has 1 aliphatic carbocycles. The number of carboxylic acid groups (broad SMARTS) is 1. The number of benzene rings is 2. The fourth-order valence-electron chi connectivity index (χ4n) is 4.97. The molecule has 2 amide bonds. The molecule has 2 aliphatic rings. The topological polar surface area (TPSA) is 95.9 Å². The third-order valence-corrected chi connectivity index (χ3v) is 6.97. The molecule has 180 valence electrons. The van der Waals surface area contributed by atoms with Crippen LogP contribution in [-0.4, -0.2) is 53.7 Å². The summed E-state index contributed by atoms with van der Waals surface area (Å²) in [5.41, 5.74) is 4.62. The molecule has 1 saturated heterocycles. The summed E-state index contributed by atoms with van der Waals surface area (Å²) in [6, 6.07) is 15.9. The molecular weight excluding hydrogens is 432 g/mol. The van der Waals surface area contributed by atoms with E-state index in [4.69, 9.17) is 4.74 Å². The minimum Gasteiger partial charge on any atom is -0.481 e. The van der Waals surface area contributed by atoms with E-state index in [1.165, 1.54) is 11.1 Å². The number of likely N-dealkylation sites (tertiary alicyclic amines) is 1. The molecule has 34 heavy (non-hydrogen) atoms. The highest BCUT2D eigenvalue weighted by atomic mass is 16.5. The minimum atomic E-state index is -0.866. The van der Waals surface area contributed by atoms with Crippen LogP contribution in [-0.2, 0) is 14.3 Å². The maximum Gasteiger partial charge on any atom is 0.407 e. The summed E-state index contributed by atoms with van der Waals surface area (Å²) in [7, 11) is 0. The molecule has 2 unspecified atom stereocenters. The Bertz CT molecular complexity index is 1020. The van der Waals surface area contributed by atoms with E-state index in [0.29, 0.717) is 19.4 Å². The smallest absolute Gasteiger partial charge is 0.407 e. The molecule has 4 rings (SSSR count). The second-order valence-corrected chi connectivity index (χ2v) is 9.54. The van der Waals surface area contributed by atoms with Crippen molar-refractivity contribution in [1.82, 2.24) is 10.2 Å². The molecular formula is C27H32N2O5. The number of nitrogens with zero attached hydrogens (tertiary/aromatic N) is 1. The SMILES string of the molecule is CC(C)C(CC(=O)N1CCCC(C(=O)O)C1)NC(=O)OCC1c2ccccc2-c2ccccc21. The number of rotatable bonds is 7. The molecule has 1 aliphatic heterocycles. The van der Waals surface area contributed by atoms with Gasteiger partial charge < -0.3 is 20.1 Å². The number of carbonyl (C=O) groups excluding carboxylic acids is 2. The number of carbonyl (C=O) groups is 3. The van der Waals surface area contributed by atoms with Crippen molar-refractivity contribution in [2.75, 3.05) is 19.7 Å². The van der Waals surface area contributed by atoms with Crippen molar-refractivity contribution in [3.05, 3.63) is 59.7 Å². The van der Waals surface area contributed by atoms with E-state index in [0.717, 1.165) is 11.1 Å². The summed E-state index contributed by atoms with van der Waals surface area (Å²) in [6.07, 6.45) is 0.837. The fourth-order valence-corrected chi connectivity index (χ4v) is 4.97. The molecule has 0 spiro atoms. The van der Waals surface area contributed by atoms with Crippen LogP contribution >= 0.6 is 0 Å². The molecule has 2 atom stereocenters. The summed E-state index contributed by atoms with van der Waals surface area (Å²) in [5, 5.41) is 12.2. The maximum absolute atomic E-state index is 12.8. The fraction of sp³-hybridized carbons (Fsp3) is 0.444. The highest BCUT2D eigenvalue weighted by Gasteiger charge is 2.32. The highest BCUT2D eigenvalue weighted by molar-refractivity contribution is 5.80. The average Bonchev–Trinajstić information content (AvgIpc) is 3.16. The van der Waals surface area contributed by atoms with Crippen molar-refractivity contribution < 1.29 is 24.2 Å². The quantitative estimate of drug-likeness (QED) is 0.638. The first-order chi connectivity index (χ1) is 16.3. The zero-order valence-corrected chi connectivity index (χ0v) is 19.7. The van der Waals surface area contributed by atoms with E-state index in [1.807, 2.05) is 38.1 Å². The standard InChI is InChI=1S/C27H32N2O5/c1-17(2)24(14-25(30)29-13-7-8-18(15-29)26(31)32)28-27(33)34-16-23-21-11-5-3-9-19(21)20-10-4-6-12-22(20)23/h3-6,9-12,17-18,23-24H,7-8,13-16H2,1-2H3,(H,28,33)(H,31,32). The van der Waals surface area contributed by atoms with Crippen LogP contribution in [0, 0.1) is 11.8 Å². The first-order valence-electron chi connectivity index (χ1n) is 12.0. The first-order valence-corrected chi connectivity index (χ1v) is 12.0. The zero-order chi connectivity index (χ0) is 24.2. The number of alkyl carbamates (subject to hydrolysis) is 1. The summed E-state index contributed by atoms with van der Waals surface area (Å²) in [4.78, 5) is 38.5. The number of nitrogens with one attached hydrogen (secondary N) is 1. The van der Waals surface area contributed by atoms with Gasteiger partial charge in [0.25, 0.3) is 0 Å². The molecule has 7 nitrogen and oxygen atoms in total. The van der Waals surface area contributed by atoms with Crippen LogP contribution in [0.3, 0.4) is 0 Å². The van der Waals surface area contributed by atoms with Gasteiger partial charge >= 0.3 is 12.1 Å². The predicted octanol–water partition coefficient (Wildman–Crippen LogP) is 4.26. The lowest BCUT2D eigenvalue weighted by Gasteiger charge is -2.32. The summed E-state index contributed by atoms with van der Waals surface area (Å²) >= 11 is 0. The number of aliphatic carboxylic acids is 1. The third-order valence-electron chi connectivity index (χ3n) is 6.97. The second-order valence-electron chi connectivity index (χ2n) is 9.54. The predicted molar refractivity (Wildman–Crippen MR) is 128 cm³/mol. The van der Waals surface area contributed by atoms with Gasteiger partial charge in [-0.15, -0.1) is 0 Å². The Morgan fingerprint density at radius 2 is 1.68 bits per heavy atom. The number of fused-ring (bicyclic) bond motifs is 3. The monoisotopic (exact) mass is 464 g/mol. The van der Waals surface area contributed by atoms with Gasteiger partial charge in [0.1, 0.15) is 6.61 Å². The number of ether oxygens (including phenoxy) is 1. The molecule has 0 bridgehead atoms. The first kappa shape index (κ1) is 23.8. The molecule has 1 heterocycles. The molecule has 2 N–H and O–H groups in total. The van der Waals surface area contributed by atoms with E-state index in [1.54, 1.807) is 4.90 Å². The lowest BCUT2D eigenvalue weighted by atomic mass is 9.96. The van der Waals surface area contributed by atoms with Crippen LogP contribution in [0.4, 0.5) is 4.79 Å². The van der Waals surface area contributed by atoms with Crippen LogP contribution in [0.25, 0.3) is 11.1 Å². The molecule has 0 radical (unpaired) electrons. The van der Waals surface area contributed by atoms with Gasteiger partial charge in [-0.3, -0.25) is 9.59 Å². The van der Waals surface area contributed by atoms with Gasteiger partial charge in [0, 0.05) is 31.5 Å². The van der Waals surface area contributed by atoms with Crippen molar-refractivity contribution >= 4 is 18.0 Å². The van der Waals surface area contributed by atoms with E-state index in [-0.39, 0.29) is 37.3 Å². The van der Waals surface area contributed by atoms with Crippen LogP contribution in [0.5, 0.6) is 0 Å². The third kappa shape index (κ3) is 5.08. The van der Waals surface area contributed by atoms with Gasteiger partial charge in [-0.05, 0) is 41.0 Å². The van der Waals surface area contributed by atoms with Crippen molar-refractivity contribution in [2.24, 2.45) is 11.8 Å². The second kappa shape index (κ2) is 10.3. The van der Waals surface area contributed by atoms with Crippen molar-refractivity contribution in [1.29, 1.82) is 0 Å². The van der Waals surface area contributed by atoms with Gasteiger partial charge in [-0.25, -0.2) is 4.79 Å². The molecule has 1 fully saturated rings. The molecule has 7 heteroatoms. The van der Waals surface area contributed by atoms with Gasteiger partial charge in [0.05, 0.1) is 5.92 Å². The number of amides is 2. The normalized spacial score (nSPS) is 18.2. The summed E-state index contributed by atoms with van der Waals surface area (Å²) in [6.45, 7) is 4.88. The largest absolute Gasteiger partial charge is 0.481 e. The van der Waals surface area contributed by atoms with Gasteiger partial charge in [0.2, 0.25) is 5.91 Å². The Morgan fingerprint density at radius 1 is 1.06 bits per heavy atom. The van der Waals surface area contributed by atoms with E-state index < -0.39 is 24.0 Å². The Hall–Kier alpha value is -3.35. The number of piperidine rings is 1. The molecule has 2 aromatic carbocycles. The Labute approximate surface area is 200 Å². The average molecular weight is 465 g/mol. The van der Waals surface area contributed by atoms with E-state index >= 15 is 0 Å². The molecule has 0 aromatic heterocycles. The van der Waals surface area contributed by atoms with E-state index in [2.05, 4.69) is 29.6 Å². The van der Waals surface area contributed by atoms with E-state index in [9.17, 15) is 19.5 Å². The van der Waals surface area contributed by atoms with Crippen molar-refractivity contribution in [2.45, 2.75) is 45.1 Å². The van der Waals surface area contributed by atoms with Gasteiger partial charge in [-0.1, -0.05) is 62.4 Å². The lowest BCUT2D eigenvalue weighted by molar-refractivity contribution is -0.145. The summed E-state index contributed by atoms with van der Waals surface area (Å²) < 4.78 is 5.64. The van der Waals surface area contributed by atoms with Gasteiger partial charge in [-0.2, -0.15) is 0 Å². The van der Waals surface area contributed by atoms with Crippen molar-refractivity contribution in [3.8, 4) is 11.1 Å². The number of hydrogen-bond acceptors (Lipinski definition) is 4. The van der Waals surface area contributed by atoms with Crippen LogP contribution in [0.1, 0.15) is 50.2 Å². The lowest BCUT2D eigenvalue weighted by Crippen LogP contribution is -2.47. The van der Waals surface area contributed by atoms with Crippen LogP contribution in [0.2, 0.25) is 0 Å². The van der Waals surface area contributed by atoms with Gasteiger partial charge in [0.15, 0.2) is 0 Å². The Kier molecular flexibility index (Phi) is 7.20. The summed E-state index contributed by atoms with van der Waals surface area (Å²) in [5.74, 6) is -1.54. The Morgan fingerprint density at radius 3 is 2.26 bits per heavy atom. The molecule has 2 aromatic rings. The molecule has 0 saturated carbocycles. The Balaban J connectivity index is 1.36. The number of carboxylic acids is 1. The highest BCUT2D eigenvalue weighted by Crippen LogP contribution is 2.44. The van der Waals surface area contributed by atoms with Crippen LogP contribution in [0.15, 0.2) is 48.5 Å². The van der Waals surface area contributed by atoms with Crippen molar-refractivity contribution in [3.63, 3.8) is 0 Å². The minimum absolute atomic E-state index is 0.0180. The zero-order valence-electron chi connectivity index (χ0n) is 19.7. The maximum atomic E-state index is 12.8. The van der Waals surface area contributed by atoms with Crippen LogP contribution < -0.4 is 5.32 Å².